The first-order valence-corrected chi connectivity index (χ1v) is 9.73. The first-order chi connectivity index (χ1) is 15.5. The largest absolute Gasteiger partial charge is 0.493 e. The van der Waals surface area contributed by atoms with Gasteiger partial charge in [-0.25, -0.2) is 9.82 Å². The molecule has 3 aromatic rings. The summed E-state index contributed by atoms with van der Waals surface area (Å²) in [5.74, 6) is -1.65. The lowest BCUT2D eigenvalue weighted by atomic mass is 10.1. The maximum Gasteiger partial charge on any atom is 0.329 e. The van der Waals surface area contributed by atoms with Crippen LogP contribution in [0.1, 0.15) is 18.1 Å². The van der Waals surface area contributed by atoms with Gasteiger partial charge in [-0.3, -0.25) is 9.59 Å². The summed E-state index contributed by atoms with van der Waals surface area (Å²) in [6.07, 6.45) is 0. The van der Waals surface area contributed by atoms with Crippen molar-refractivity contribution in [2.75, 3.05) is 12.4 Å². The van der Waals surface area contributed by atoms with Gasteiger partial charge in [0.05, 0.1) is 18.5 Å². The SMILES string of the molecule is COc1cc(/C(C)=N/NC(=O)C(=O)Nc2ccccc2F)ccc1OCc1ccccc1. The molecule has 8 heteroatoms. The number of hydrazone groups is 1. The van der Waals surface area contributed by atoms with Crippen LogP contribution in [0.3, 0.4) is 0 Å². The van der Waals surface area contributed by atoms with E-state index < -0.39 is 17.6 Å². The Bertz CT molecular complexity index is 1130. The van der Waals surface area contributed by atoms with Gasteiger partial charge in [0, 0.05) is 5.56 Å². The zero-order valence-corrected chi connectivity index (χ0v) is 17.6. The van der Waals surface area contributed by atoms with Gasteiger partial charge in [-0.1, -0.05) is 42.5 Å². The van der Waals surface area contributed by atoms with Crippen LogP contribution in [0.15, 0.2) is 77.9 Å². The van der Waals surface area contributed by atoms with E-state index in [1.807, 2.05) is 30.3 Å². The monoisotopic (exact) mass is 435 g/mol. The van der Waals surface area contributed by atoms with E-state index >= 15 is 0 Å². The third kappa shape index (κ3) is 5.91. The number of hydrogen-bond acceptors (Lipinski definition) is 5. The summed E-state index contributed by atoms with van der Waals surface area (Å²) < 4.78 is 24.8. The number of carbonyl (C=O) groups is 2. The molecule has 0 bridgehead atoms. The molecule has 3 aromatic carbocycles. The number of amides is 2. The van der Waals surface area contributed by atoms with E-state index in [9.17, 15) is 14.0 Å². The molecule has 0 heterocycles. The molecule has 164 valence electrons. The molecule has 0 radical (unpaired) electrons. The Morgan fingerprint density at radius 1 is 0.938 bits per heavy atom. The number of hydrogen-bond donors (Lipinski definition) is 2. The van der Waals surface area contributed by atoms with Crippen molar-refractivity contribution in [3.8, 4) is 11.5 Å². The maximum absolute atomic E-state index is 13.6. The summed E-state index contributed by atoms with van der Waals surface area (Å²) in [5, 5.41) is 6.14. The Morgan fingerprint density at radius 2 is 1.66 bits per heavy atom. The zero-order valence-electron chi connectivity index (χ0n) is 17.6. The summed E-state index contributed by atoms with van der Waals surface area (Å²) in [4.78, 5) is 23.9. The highest BCUT2D eigenvalue weighted by atomic mass is 19.1. The molecule has 0 atom stereocenters. The van der Waals surface area contributed by atoms with Crippen LogP contribution in [0.2, 0.25) is 0 Å². The predicted molar refractivity (Wildman–Crippen MR) is 119 cm³/mol. The van der Waals surface area contributed by atoms with Crippen molar-refractivity contribution in [1.29, 1.82) is 0 Å². The molecule has 0 aliphatic carbocycles. The molecule has 0 fully saturated rings. The predicted octanol–water partition coefficient (Wildman–Crippen LogP) is 3.89. The van der Waals surface area contributed by atoms with E-state index in [4.69, 9.17) is 9.47 Å². The standard InChI is InChI=1S/C24H22FN3O4/c1-16(27-28-24(30)23(29)26-20-11-7-6-10-19(20)25)18-12-13-21(22(14-18)31-2)32-15-17-8-4-3-5-9-17/h3-14H,15H2,1-2H3,(H,26,29)(H,28,30)/b27-16+. The fourth-order valence-electron chi connectivity index (χ4n) is 2.74. The molecule has 0 unspecified atom stereocenters. The Hall–Kier alpha value is -4.20. The Morgan fingerprint density at radius 3 is 2.38 bits per heavy atom. The molecule has 0 aliphatic heterocycles. The fraction of sp³-hybridized carbons (Fsp3) is 0.125. The first kappa shape index (κ1) is 22.5. The minimum absolute atomic E-state index is 0.0934. The Kier molecular flexibility index (Phi) is 7.53. The molecule has 0 aliphatic rings. The number of benzene rings is 3. The van der Waals surface area contributed by atoms with E-state index in [1.165, 1.54) is 25.3 Å². The number of nitrogens with one attached hydrogen (secondary N) is 2. The zero-order chi connectivity index (χ0) is 22.9. The lowest BCUT2D eigenvalue weighted by Gasteiger charge is -2.12. The molecule has 2 amide bonds. The molecular formula is C24H22FN3O4. The summed E-state index contributed by atoms with van der Waals surface area (Å²) in [6, 6.07) is 20.5. The molecule has 0 spiro atoms. The third-order valence-corrected chi connectivity index (χ3v) is 4.47. The molecule has 0 saturated carbocycles. The number of ether oxygens (including phenoxy) is 2. The van der Waals surface area contributed by atoms with Crippen molar-refractivity contribution in [2.24, 2.45) is 5.10 Å². The molecule has 32 heavy (non-hydrogen) atoms. The van der Waals surface area contributed by atoms with Crippen LogP contribution < -0.4 is 20.2 Å². The lowest BCUT2D eigenvalue weighted by molar-refractivity contribution is -0.136. The second kappa shape index (κ2) is 10.7. The second-order valence-corrected chi connectivity index (χ2v) is 6.71. The summed E-state index contributed by atoms with van der Waals surface area (Å²) in [6.45, 7) is 2.05. The number of halogens is 1. The minimum atomic E-state index is -1.03. The van der Waals surface area contributed by atoms with Crippen LogP contribution in [0.5, 0.6) is 11.5 Å². The number of anilines is 1. The minimum Gasteiger partial charge on any atom is -0.493 e. The first-order valence-electron chi connectivity index (χ1n) is 9.73. The number of nitrogens with zero attached hydrogens (tertiary/aromatic N) is 1. The molecule has 0 aromatic heterocycles. The van der Waals surface area contributed by atoms with Crippen LogP contribution in [0.25, 0.3) is 0 Å². The summed E-state index contributed by atoms with van der Waals surface area (Å²) in [7, 11) is 1.52. The van der Waals surface area contributed by atoms with Crippen molar-refractivity contribution in [2.45, 2.75) is 13.5 Å². The van der Waals surface area contributed by atoms with E-state index in [0.717, 1.165) is 5.56 Å². The quantitative estimate of drug-likeness (QED) is 0.335. The average molecular weight is 435 g/mol. The Balaban J connectivity index is 1.63. The highest BCUT2D eigenvalue weighted by Gasteiger charge is 2.15. The summed E-state index contributed by atoms with van der Waals surface area (Å²) in [5.41, 5.74) is 4.18. The smallest absolute Gasteiger partial charge is 0.329 e. The van der Waals surface area contributed by atoms with E-state index in [2.05, 4.69) is 15.8 Å². The molecule has 2 N–H and O–H groups in total. The topological polar surface area (TPSA) is 89.0 Å². The van der Waals surface area contributed by atoms with Crippen LogP contribution in [0, 0.1) is 5.82 Å². The van der Waals surface area contributed by atoms with Crippen LogP contribution in [-0.4, -0.2) is 24.6 Å². The molecule has 3 rings (SSSR count). The van der Waals surface area contributed by atoms with E-state index in [1.54, 1.807) is 31.2 Å². The molecule has 7 nitrogen and oxygen atoms in total. The van der Waals surface area contributed by atoms with Crippen molar-refractivity contribution in [3.05, 3.63) is 89.7 Å². The Labute approximate surface area is 184 Å². The third-order valence-electron chi connectivity index (χ3n) is 4.47. The van der Waals surface area contributed by atoms with Gasteiger partial charge in [-0.15, -0.1) is 0 Å². The van der Waals surface area contributed by atoms with Crippen molar-refractivity contribution < 1.29 is 23.5 Å². The van der Waals surface area contributed by atoms with E-state index in [-0.39, 0.29) is 5.69 Å². The van der Waals surface area contributed by atoms with Crippen LogP contribution >= 0.6 is 0 Å². The normalized spacial score (nSPS) is 10.9. The number of carbonyl (C=O) groups excluding carboxylic acids is 2. The fourth-order valence-corrected chi connectivity index (χ4v) is 2.74. The average Bonchev–Trinajstić information content (AvgIpc) is 2.82. The molecule has 0 saturated heterocycles. The van der Waals surface area contributed by atoms with Gasteiger partial charge in [0.1, 0.15) is 12.4 Å². The molecular weight excluding hydrogens is 413 g/mol. The maximum atomic E-state index is 13.6. The van der Waals surface area contributed by atoms with Gasteiger partial charge < -0.3 is 14.8 Å². The van der Waals surface area contributed by atoms with Gasteiger partial charge in [-0.05, 0) is 42.8 Å². The van der Waals surface area contributed by atoms with Crippen LogP contribution in [-0.2, 0) is 16.2 Å². The number of methoxy groups -OCH3 is 1. The van der Waals surface area contributed by atoms with Crippen molar-refractivity contribution >= 4 is 23.2 Å². The van der Waals surface area contributed by atoms with E-state index in [0.29, 0.717) is 29.4 Å². The van der Waals surface area contributed by atoms with Gasteiger partial charge in [0.25, 0.3) is 0 Å². The number of para-hydroxylation sites is 1. The van der Waals surface area contributed by atoms with Crippen LogP contribution in [0.4, 0.5) is 10.1 Å². The van der Waals surface area contributed by atoms with Crippen molar-refractivity contribution in [1.82, 2.24) is 5.43 Å². The van der Waals surface area contributed by atoms with Gasteiger partial charge >= 0.3 is 11.8 Å². The van der Waals surface area contributed by atoms with Gasteiger partial charge in [0.2, 0.25) is 0 Å². The number of rotatable bonds is 7. The van der Waals surface area contributed by atoms with Gasteiger partial charge in [0.15, 0.2) is 11.5 Å². The highest BCUT2D eigenvalue weighted by molar-refractivity contribution is 6.39. The van der Waals surface area contributed by atoms with Gasteiger partial charge in [-0.2, -0.15) is 5.10 Å². The summed E-state index contributed by atoms with van der Waals surface area (Å²) >= 11 is 0. The highest BCUT2D eigenvalue weighted by Crippen LogP contribution is 2.29. The lowest BCUT2D eigenvalue weighted by Crippen LogP contribution is -2.33. The van der Waals surface area contributed by atoms with Crippen molar-refractivity contribution in [3.63, 3.8) is 0 Å². The second-order valence-electron chi connectivity index (χ2n) is 6.71.